The zero-order valence-corrected chi connectivity index (χ0v) is 5.43. The molecule has 0 radical (unpaired) electrons. The van der Waals surface area contributed by atoms with E-state index in [0.29, 0.717) is 5.92 Å². The second-order valence-corrected chi connectivity index (χ2v) is 2.51. The molecule has 1 atom stereocenters. The molecule has 1 heterocycles. The van der Waals surface area contributed by atoms with Crippen LogP contribution in [0.25, 0.3) is 0 Å². The quantitative estimate of drug-likeness (QED) is 0.389. The van der Waals surface area contributed by atoms with Gasteiger partial charge in [-0.2, -0.15) is 0 Å². The second-order valence-electron chi connectivity index (χ2n) is 2.51. The Morgan fingerprint density at radius 2 is 2.38 bits per heavy atom. The van der Waals surface area contributed by atoms with Gasteiger partial charge in [0.2, 0.25) is 0 Å². The van der Waals surface area contributed by atoms with Crippen molar-refractivity contribution in [3.05, 3.63) is 12.7 Å². The lowest BCUT2D eigenvalue weighted by Gasteiger charge is -2.03. The molecule has 1 nitrogen and oxygen atoms in total. The van der Waals surface area contributed by atoms with Gasteiger partial charge in [0.25, 0.3) is 0 Å². The Bertz CT molecular complexity index is 84.4. The molecule has 0 N–H and O–H groups in total. The first-order valence-corrected chi connectivity index (χ1v) is 3.18. The predicted octanol–water partition coefficient (Wildman–Crippen LogP) is 1.12. The molecular weight excluding hydrogens is 98.1 g/mol. The predicted molar refractivity (Wildman–Crippen MR) is 35.8 cm³/mol. The fourth-order valence-corrected chi connectivity index (χ4v) is 0.735. The van der Waals surface area contributed by atoms with E-state index in [1.807, 2.05) is 6.08 Å². The first-order chi connectivity index (χ1) is 3.83. The Morgan fingerprint density at radius 3 is 2.75 bits per heavy atom. The smallest absolute Gasteiger partial charge is 0.0110 e. The van der Waals surface area contributed by atoms with E-state index in [1.54, 1.807) is 0 Å². The molecule has 1 heteroatoms. The van der Waals surface area contributed by atoms with Crippen LogP contribution in [-0.4, -0.2) is 24.5 Å². The van der Waals surface area contributed by atoms with Crippen LogP contribution in [0.15, 0.2) is 12.7 Å². The summed E-state index contributed by atoms with van der Waals surface area (Å²) in [5.74, 6) is 0.678. The fourth-order valence-electron chi connectivity index (χ4n) is 0.735. The summed E-state index contributed by atoms with van der Waals surface area (Å²) >= 11 is 0. The van der Waals surface area contributed by atoms with Gasteiger partial charge in [-0.1, -0.05) is 13.0 Å². The number of rotatable bonds is 3. The molecule has 0 amide bonds. The van der Waals surface area contributed by atoms with Crippen molar-refractivity contribution >= 4 is 0 Å². The Hall–Kier alpha value is -0.300. The van der Waals surface area contributed by atoms with Crippen LogP contribution in [0, 0.1) is 5.92 Å². The third-order valence-corrected chi connectivity index (χ3v) is 1.49. The van der Waals surface area contributed by atoms with Crippen molar-refractivity contribution in [1.82, 2.24) is 4.90 Å². The van der Waals surface area contributed by atoms with Crippen molar-refractivity contribution in [2.24, 2.45) is 5.92 Å². The molecule has 1 fully saturated rings. The summed E-state index contributed by atoms with van der Waals surface area (Å²) in [5.41, 5.74) is 0. The minimum Gasteiger partial charge on any atom is -0.300 e. The van der Waals surface area contributed by atoms with E-state index in [4.69, 9.17) is 0 Å². The van der Waals surface area contributed by atoms with Gasteiger partial charge < -0.3 is 4.90 Å². The molecule has 1 saturated heterocycles. The average Bonchev–Trinajstić information content (AvgIpc) is 2.50. The summed E-state index contributed by atoms with van der Waals surface area (Å²) in [5, 5.41) is 0. The van der Waals surface area contributed by atoms with Crippen molar-refractivity contribution in [2.75, 3.05) is 19.6 Å². The number of hydrogen-bond acceptors (Lipinski definition) is 1. The van der Waals surface area contributed by atoms with Crippen molar-refractivity contribution in [3.63, 3.8) is 0 Å². The summed E-state index contributed by atoms with van der Waals surface area (Å²) < 4.78 is 0. The SMILES string of the molecule is C=CC(C)CN1CC1. The maximum absolute atomic E-state index is 3.71. The third-order valence-electron chi connectivity index (χ3n) is 1.49. The van der Waals surface area contributed by atoms with Crippen molar-refractivity contribution in [3.8, 4) is 0 Å². The maximum atomic E-state index is 3.71. The van der Waals surface area contributed by atoms with Gasteiger partial charge in [0, 0.05) is 19.6 Å². The molecule has 1 rings (SSSR count). The van der Waals surface area contributed by atoms with E-state index in [0.717, 1.165) is 0 Å². The largest absolute Gasteiger partial charge is 0.300 e. The molecule has 0 aromatic heterocycles. The minimum absolute atomic E-state index is 0.678. The molecule has 46 valence electrons. The lowest BCUT2D eigenvalue weighted by atomic mass is 10.2. The standard InChI is InChI=1S/C7H13N/c1-3-7(2)6-8-4-5-8/h3,7H,1,4-6H2,2H3. The normalized spacial score (nSPS) is 22.6. The highest BCUT2D eigenvalue weighted by Gasteiger charge is 2.17. The van der Waals surface area contributed by atoms with E-state index in [-0.39, 0.29) is 0 Å². The molecule has 0 bridgehead atoms. The molecule has 0 spiro atoms. The van der Waals surface area contributed by atoms with Crippen LogP contribution in [0.4, 0.5) is 0 Å². The first kappa shape index (κ1) is 5.83. The molecule has 1 unspecified atom stereocenters. The minimum atomic E-state index is 0.678. The molecule has 1 aliphatic rings. The molecule has 0 aliphatic carbocycles. The van der Waals surface area contributed by atoms with Gasteiger partial charge in [-0.15, -0.1) is 6.58 Å². The molecule has 8 heavy (non-hydrogen) atoms. The summed E-state index contributed by atoms with van der Waals surface area (Å²) in [6.07, 6.45) is 2.01. The Morgan fingerprint density at radius 1 is 1.75 bits per heavy atom. The Balaban J connectivity index is 2.06. The number of nitrogens with zero attached hydrogens (tertiary/aromatic N) is 1. The highest BCUT2D eigenvalue weighted by Crippen LogP contribution is 2.07. The van der Waals surface area contributed by atoms with Gasteiger partial charge in [-0.25, -0.2) is 0 Å². The summed E-state index contributed by atoms with van der Waals surface area (Å²) in [4.78, 5) is 2.41. The highest BCUT2D eigenvalue weighted by molar-refractivity contribution is 4.82. The van der Waals surface area contributed by atoms with Gasteiger partial charge in [0.15, 0.2) is 0 Å². The van der Waals surface area contributed by atoms with E-state index < -0.39 is 0 Å². The fraction of sp³-hybridized carbons (Fsp3) is 0.714. The molecule has 0 saturated carbocycles. The van der Waals surface area contributed by atoms with Crippen LogP contribution >= 0.6 is 0 Å². The van der Waals surface area contributed by atoms with Crippen LogP contribution in [0.2, 0.25) is 0 Å². The van der Waals surface area contributed by atoms with Gasteiger partial charge in [-0.05, 0) is 5.92 Å². The van der Waals surface area contributed by atoms with Gasteiger partial charge >= 0.3 is 0 Å². The first-order valence-electron chi connectivity index (χ1n) is 3.18. The van der Waals surface area contributed by atoms with Gasteiger partial charge in [0.1, 0.15) is 0 Å². The number of hydrogen-bond donors (Lipinski definition) is 0. The Labute approximate surface area is 51.0 Å². The molecule has 0 aromatic rings. The topological polar surface area (TPSA) is 3.01 Å². The maximum Gasteiger partial charge on any atom is 0.0110 e. The Kier molecular flexibility index (Phi) is 1.69. The lowest BCUT2D eigenvalue weighted by Crippen LogP contribution is -2.06. The van der Waals surface area contributed by atoms with Crippen LogP contribution < -0.4 is 0 Å². The summed E-state index contributed by atoms with van der Waals surface area (Å²) in [7, 11) is 0. The highest BCUT2D eigenvalue weighted by atomic mass is 15.3. The van der Waals surface area contributed by atoms with Crippen LogP contribution in [0.5, 0.6) is 0 Å². The zero-order valence-electron chi connectivity index (χ0n) is 5.43. The second kappa shape index (κ2) is 2.31. The van der Waals surface area contributed by atoms with Gasteiger partial charge in [0.05, 0.1) is 0 Å². The van der Waals surface area contributed by atoms with Crippen molar-refractivity contribution < 1.29 is 0 Å². The molecular formula is C7H13N. The van der Waals surface area contributed by atoms with E-state index in [1.165, 1.54) is 19.6 Å². The zero-order chi connectivity index (χ0) is 5.98. The lowest BCUT2D eigenvalue weighted by molar-refractivity contribution is 0.489. The average molecular weight is 111 g/mol. The summed E-state index contributed by atoms with van der Waals surface area (Å²) in [6, 6.07) is 0. The van der Waals surface area contributed by atoms with Crippen LogP contribution in [0.3, 0.4) is 0 Å². The monoisotopic (exact) mass is 111 g/mol. The van der Waals surface area contributed by atoms with E-state index in [2.05, 4.69) is 18.4 Å². The van der Waals surface area contributed by atoms with Crippen molar-refractivity contribution in [2.45, 2.75) is 6.92 Å². The van der Waals surface area contributed by atoms with Crippen molar-refractivity contribution in [1.29, 1.82) is 0 Å². The molecule has 1 aliphatic heterocycles. The van der Waals surface area contributed by atoms with Gasteiger partial charge in [-0.3, -0.25) is 0 Å². The van der Waals surface area contributed by atoms with Crippen LogP contribution in [-0.2, 0) is 0 Å². The molecule has 0 aromatic carbocycles. The summed E-state index contributed by atoms with van der Waals surface area (Å²) in [6.45, 7) is 9.73. The van der Waals surface area contributed by atoms with E-state index in [9.17, 15) is 0 Å². The van der Waals surface area contributed by atoms with Crippen LogP contribution in [0.1, 0.15) is 6.92 Å². The van der Waals surface area contributed by atoms with E-state index >= 15 is 0 Å². The third kappa shape index (κ3) is 1.66.